The number of nitrogens with zero attached hydrogens (tertiary/aromatic N) is 4. The van der Waals surface area contributed by atoms with Gasteiger partial charge >= 0.3 is 0 Å². The molecule has 0 radical (unpaired) electrons. The van der Waals surface area contributed by atoms with Gasteiger partial charge in [0.05, 0.1) is 17.1 Å². The van der Waals surface area contributed by atoms with E-state index in [2.05, 4.69) is 40.6 Å². The average Bonchev–Trinajstić information content (AvgIpc) is 3.23. The normalized spacial score (nSPS) is 10.8. The summed E-state index contributed by atoms with van der Waals surface area (Å²) in [7, 11) is 1.95. The summed E-state index contributed by atoms with van der Waals surface area (Å²) in [4.78, 5) is 9.35. The van der Waals surface area contributed by atoms with Crippen molar-refractivity contribution in [3.05, 3.63) is 95.7 Å². The summed E-state index contributed by atoms with van der Waals surface area (Å²) in [5.41, 5.74) is 7.36. The fourth-order valence-corrected chi connectivity index (χ4v) is 4.04. The van der Waals surface area contributed by atoms with E-state index in [1.165, 1.54) is 5.56 Å². The van der Waals surface area contributed by atoms with Gasteiger partial charge in [0.2, 0.25) is 11.8 Å². The average molecular weight is 446 g/mol. The van der Waals surface area contributed by atoms with Gasteiger partial charge in [-0.05, 0) is 78.6 Å². The van der Waals surface area contributed by atoms with Gasteiger partial charge in [0.25, 0.3) is 0 Å². The minimum Gasteiger partial charge on any atom is -0.436 e. The Morgan fingerprint density at radius 1 is 0.882 bits per heavy atom. The van der Waals surface area contributed by atoms with Crippen LogP contribution in [0.1, 0.15) is 16.7 Å². The molecule has 2 aromatic heterocycles. The van der Waals surface area contributed by atoms with Gasteiger partial charge in [0.15, 0.2) is 0 Å². The molecule has 2 heterocycles. The Hall–Kier alpha value is -4.63. The number of hydrogen-bond donors (Lipinski definition) is 1. The molecule has 166 valence electrons. The van der Waals surface area contributed by atoms with E-state index < -0.39 is 0 Å². The lowest BCUT2D eigenvalue weighted by molar-refractivity contribution is 0.459. The zero-order valence-electron chi connectivity index (χ0n) is 19.2. The second kappa shape index (κ2) is 8.72. The molecule has 3 aromatic carbocycles. The standard InChI is InChI=1S/C28H23N5O/c1-18-15-22(21-7-5-4-6-8-21)16-19(2)26(18)34-27-25-24(13-14-33(25)3)31-28(32-27)30-23-11-9-20(17-29)10-12-23/h4-16H,1-3H3,(H,30,31,32). The maximum atomic E-state index is 9.03. The Bertz CT molecular complexity index is 1510. The second-order valence-electron chi connectivity index (χ2n) is 8.23. The summed E-state index contributed by atoms with van der Waals surface area (Å²) in [6.07, 6.45) is 1.94. The minimum absolute atomic E-state index is 0.426. The quantitative estimate of drug-likeness (QED) is 0.327. The van der Waals surface area contributed by atoms with Crippen LogP contribution >= 0.6 is 0 Å². The third-order valence-corrected chi connectivity index (χ3v) is 5.72. The van der Waals surface area contributed by atoms with Crippen molar-refractivity contribution < 1.29 is 4.74 Å². The van der Waals surface area contributed by atoms with E-state index in [0.29, 0.717) is 17.4 Å². The highest BCUT2D eigenvalue weighted by atomic mass is 16.5. The first-order valence-corrected chi connectivity index (χ1v) is 11.0. The molecule has 0 spiro atoms. The smallest absolute Gasteiger partial charge is 0.249 e. The predicted octanol–water partition coefficient (Wildman–Crippen LogP) is 6.66. The maximum absolute atomic E-state index is 9.03. The van der Waals surface area contributed by atoms with Crippen molar-refractivity contribution in [1.29, 1.82) is 5.26 Å². The SMILES string of the molecule is Cc1cc(-c2ccccc2)cc(C)c1Oc1nc(Nc2ccc(C#N)cc2)nc2ccn(C)c12. The lowest BCUT2D eigenvalue weighted by atomic mass is 10.00. The third kappa shape index (κ3) is 4.07. The van der Waals surface area contributed by atoms with Gasteiger partial charge < -0.3 is 14.6 Å². The van der Waals surface area contributed by atoms with Gasteiger partial charge in [-0.3, -0.25) is 0 Å². The molecule has 0 saturated heterocycles. The summed E-state index contributed by atoms with van der Waals surface area (Å²) >= 11 is 0. The van der Waals surface area contributed by atoms with Crippen LogP contribution in [0.3, 0.4) is 0 Å². The number of aromatic nitrogens is 3. The van der Waals surface area contributed by atoms with E-state index in [4.69, 9.17) is 15.0 Å². The molecule has 0 unspecified atom stereocenters. The highest BCUT2D eigenvalue weighted by molar-refractivity contribution is 5.83. The number of benzene rings is 3. The summed E-state index contributed by atoms with van der Waals surface area (Å²) in [5, 5.41) is 12.2. The summed E-state index contributed by atoms with van der Waals surface area (Å²) < 4.78 is 8.40. The van der Waals surface area contributed by atoms with E-state index in [9.17, 15) is 0 Å². The Balaban J connectivity index is 1.53. The summed E-state index contributed by atoms with van der Waals surface area (Å²) in [6, 6.07) is 25.8. The van der Waals surface area contributed by atoms with Crippen molar-refractivity contribution in [2.75, 3.05) is 5.32 Å². The van der Waals surface area contributed by atoms with Gasteiger partial charge in [-0.15, -0.1) is 0 Å². The first-order valence-electron chi connectivity index (χ1n) is 11.0. The molecule has 0 saturated carbocycles. The molecule has 0 amide bonds. The lowest BCUT2D eigenvalue weighted by Gasteiger charge is -2.15. The summed E-state index contributed by atoms with van der Waals surface area (Å²) in [6.45, 7) is 4.10. The Morgan fingerprint density at radius 2 is 1.59 bits per heavy atom. The van der Waals surface area contributed by atoms with Crippen LogP contribution in [0.4, 0.5) is 11.6 Å². The first-order chi connectivity index (χ1) is 16.5. The molecule has 0 fully saturated rings. The fourth-order valence-electron chi connectivity index (χ4n) is 4.04. The fraction of sp³-hybridized carbons (Fsp3) is 0.107. The molecule has 0 aliphatic carbocycles. The van der Waals surface area contributed by atoms with Crippen molar-refractivity contribution in [2.45, 2.75) is 13.8 Å². The van der Waals surface area contributed by atoms with Gasteiger partial charge in [-0.2, -0.15) is 10.2 Å². The number of aryl methyl sites for hydroxylation is 3. The van der Waals surface area contributed by atoms with Crippen LogP contribution in [0.2, 0.25) is 0 Å². The maximum Gasteiger partial charge on any atom is 0.249 e. The first kappa shape index (κ1) is 21.2. The van der Waals surface area contributed by atoms with Gasteiger partial charge in [0, 0.05) is 18.9 Å². The molecule has 5 aromatic rings. The van der Waals surface area contributed by atoms with Crippen molar-refractivity contribution in [3.63, 3.8) is 0 Å². The number of nitrogens with one attached hydrogen (secondary N) is 1. The van der Waals surface area contributed by atoms with Crippen LogP contribution in [-0.4, -0.2) is 14.5 Å². The van der Waals surface area contributed by atoms with Crippen molar-refractivity contribution in [2.24, 2.45) is 7.05 Å². The summed E-state index contributed by atoms with van der Waals surface area (Å²) in [5.74, 6) is 1.69. The number of anilines is 2. The molecule has 5 rings (SSSR count). The van der Waals surface area contributed by atoms with Gasteiger partial charge in [-0.1, -0.05) is 30.3 Å². The zero-order chi connectivity index (χ0) is 23.7. The Labute approximate surface area is 198 Å². The second-order valence-corrected chi connectivity index (χ2v) is 8.23. The minimum atomic E-state index is 0.426. The molecule has 1 N–H and O–H groups in total. The van der Waals surface area contributed by atoms with Crippen molar-refractivity contribution in [3.8, 4) is 28.8 Å². The number of rotatable bonds is 5. The number of hydrogen-bond acceptors (Lipinski definition) is 5. The molecular weight excluding hydrogens is 422 g/mol. The molecule has 0 aliphatic heterocycles. The Kier molecular flexibility index (Phi) is 5.44. The van der Waals surface area contributed by atoms with Crippen LogP contribution in [0.15, 0.2) is 79.0 Å². The number of fused-ring (bicyclic) bond motifs is 1. The largest absolute Gasteiger partial charge is 0.436 e. The number of nitriles is 1. The van der Waals surface area contributed by atoms with E-state index in [1.54, 1.807) is 12.1 Å². The highest BCUT2D eigenvalue weighted by Gasteiger charge is 2.16. The molecule has 6 nitrogen and oxygen atoms in total. The van der Waals surface area contributed by atoms with Crippen LogP contribution in [-0.2, 0) is 7.05 Å². The lowest BCUT2D eigenvalue weighted by Crippen LogP contribution is -2.02. The molecular formula is C28H23N5O. The van der Waals surface area contributed by atoms with Crippen molar-refractivity contribution in [1.82, 2.24) is 14.5 Å². The van der Waals surface area contributed by atoms with Gasteiger partial charge in [0.1, 0.15) is 11.3 Å². The molecule has 0 bridgehead atoms. The molecule has 6 heteroatoms. The zero-order valence-corrected chi connectivity index (χ0v) is 19.2. The molecule has 0 aliphatic rings. The van der Waals surface area contributed by atoms with Crippen molar-refractivity contribution >= 4 is 22.7 Å². The van der Waals surface area contributed by atoms with Crippen LogP contribution in [0, 0.1) is 25.2 Å². The monoisotopic (exact) mass is 445 g/mol. The van der Waals surface area contributed by atoms with E-state index >= 15 is 0 Å². The molecule has 0 atom stereocenters. The third-order valence-electron chi connectivity index (χ3n) is 5.72. The van der Waals surface area contributed by atoms with Gasteiger partial charge in [-0.25, -0.2) is 4.98 Å². The Morgan fingerprint density at radius 3 is 2.26 bits per heavy atom. The highest BCUT2D eigenvalue weighted by Crippen LogP contribution is 2.36. The van der Waals surface area contributed by atoms with Crippen LogP contribution in [0.25, 0.3) is 22.2 Å². The number of ether oxygens (including phenoxy) is 1. The topological polar surface area (TPSA) is 75.8 Å². The predicted molar refractivity (Wildman–Crippen MR) is 134 cm³/mol. The van der Waals surface area contributed by atoms with E-state index in [0.717, 1.165) is 39.2 Å². The van der Waals surface area contributed by atoms with Crippen LogP contribution < -0.4 is 10.1 Å². The van der Waals surface area contributed by atoms with E-state index in [1.807, 2.05) is 68.1 Å². The van der Waals surface area contributed by atoms with Crippen LogP contribution in [0.5, 0.6) is 11.6 Å². The molecule has 34 heavy (non-hydrogen) atoms. The van der Waals surface area contributed by atoms with E-state index in [-0.39, 0.29) is 0 Å².